The molecule has 0 bridgehead atoms. The molecule has 2 heterocycles. The van der Waals surface area contributed by atoms with Gasteiger partial charge in [0.15, 0.2) is 0 Å². The molecule has 28 heavy (non-hydrogen) atoms. The van der Waals surface area contributed by atoms with Crippen molar-refractivity contribution >= 4 is 22.6 Å². The van der Waals surface area contributed by atoms with Crippen molar-refractivity contribution in [2.24, 2.45) is 7.05 Å². The lowest BCUT2D eigenvalue weighted by atomic mass is 10.1. The Morgan fingerprint density at radius 1 is 1.07 bits per heavy atom. The lowest BCUT2D eigenvalue weighted by Gasteiger charge is -2.20. The molecule has 0 spiro atoms. The highest BCUT2D eigenvalue weighted by Crippen LogP contribution is 2.29. The molecule has 6 nitrogen and oxygen atoms in total. The Morgan fingerprint density at radius 2 is 1.79 bits per heavy atom. The first-order valence-electron chi connectivity index (χ1n) is 8.63. The fraction of sp³-hybridized carbons (Fsp3) is 0.150. The molecule has 1 unspecified atom stereocenters. The van der Waals surface area contributed by atoms with Crippen molar-refractivity contribution in [1.82, 2.24) is 19.3 Å². The van der Waals surface area contributed by atoms with Gasteiger partial charge in [0, 0.05) is 7.05 Å². The number of carbonyl (C=O) groups is 1. The van der Waals surface area contributed by atoms with Crippen LogP contribution in [0.2, 0.25) is 0 Å². The van der Waals surface area contributed by atoms with Crippen molar-refractivity contribution in [2.75, 3.05) is 5.32 Å². The van der Waals surface area contributed by atoms with Crippen LogP contribution in [0.5, 0.6) is 0 Å². The second kappa shape index (κ2) is 7.22. The SMILES string of the molecule is Cn1ncc(NC(=O)C(c2ccccc2)n2cnc3ccccc32)c1C(F)F. The van der Waals surface area contributed by atoms with E-state index in [0.29, 0.717) is 5.56 Å². The fourth-order valence-electron chi connectivity index (χ4n) is 3.26. The van der Waals surface area contributed by atoms with E-state index in [0.717, 1.165) is 15.7 Å². The molecular formula is C20H17F2N5O. The standard InChI is InChI=1S/C20H17F2N5O/c1-26-18(19(21)22)15(11-24-26)25-20(28)17(13-7-3-2-4-8-13)27-12-23-14-9-5-6-10-16(14)27/h2-12,17,19H,1H3,(H,25,28). The van der Waals surface area contributed by atoms with Crippen LogP contribution in [-0.4, -0.2) is 25.2 Å². The first kappa shape index (κ1) is 17.8. The van der Waals surface area contributed by atoms with E-state index in [2.05, 4.69) is 15.4 Å². The van der Waals surface area contributed by atoms with Gasteiger partial charge < -0.3 is 9.88 Å². The van der Waals surface area contributed by atoms with Crippen molar-refractivity contribution < 1.29 is 13.6 Å². The van der Waals surface area contributed by atoms with Crippen molar-refractivity contribution in [2.45, 2.75) is 12.5 Å². The average Bonchev–Trinajstić information content (AvgIpc) is 3.27. The summed E-state index contributed by atoms with van der Waals surface area (Å²) in [6.45, 7) is 0. The van der Waals surface area contributed by atoms with Crippen LogP contribution in [0.1, 0.15) is 23.7 Å². The molecule has 1 atom stereocenters. The van der Waals surface area contributed by atoms with Crippen LogP contribution < -0.4 is 5.32 Å². The van der Waals surface area contributed by atoms with Crippen molar-refractivity contribution in [3.05, 3.63) is 78.4 Å². The smallest absolute Gasteiger partial charge is 0.282 e. The van der Waals surface area contributed by atoms with E-state index in [9.17, 15) is 13.6 Å². The van der Waals surface area contributed by atoms with Gasteiger partial charge in [-0.3, -0.25) is 9.48 Å². The number of rotatable bonds is 5. The van der Waals surface area contributed by atoms with Crippen LogP contribution in [0, 0.1) is 0 Å². The summed E-state index contributed by atoms with van der Waals surface area (Å²) in [5.41, 5.74) is 1.88. The minimum atomic E-state index is -2.76. The van der Waals surface area contributed by atoms with Gasteiger partial charge in [-0.15, -0.1) is 0 Å². The third-order valence-corrected chi connectivity index (χ3v) is 4.57. The highest BCUT2D eigenvalue weighted by molar-refractivity contribution is 5.97. The van der Waals surface area contributed by atoms with E-state index in [1.807, 2.05) is 54.6 Å². The first-order chi connectivity index (χ1) is 13.6. The Balaban J connectivity index is 1.78. The number of benzene rings is 2. The lowest BCUT2D eigenvalue weighted by molar-refractivity contribution is -0.118. The minimum absolute atomic E-state index is 0.00662. The van der Waals surface area contributed by atoms with Crippen LogP contribution in [0.3, 0.4) is 0 Å². The second-order valence-electron chi connectivity index (χ2n) is 6.31. The third-order valence-electron chi connectivity index (χ3n) is 4.57. The summed E-state index contributed by atoms with van der Waals surface area (Å²) < 4.78 is 29.5. The number of imidazole rings is 1. The molecule has 142 valence electrons. The molecular weight excluding hydrogens is 364 g/mol. The number of anilines is 1. The van der Waals surface area contributed by atoms with Gasteiger partial charge in [0.05, 0.1) is 29.2 Å². The number of para-hydroxylation sites is 2. The Kier molecular flexibility index (Phi) is 4.60. The van der Waals surface area contributed by atoms with E-state index in [1.54, 1.807) is 10.9 Å². The van der Waals surface area contributed by atoms with Crippen molar-refractivity contribution in [3.63, 3.8) is 0 Å². The normalized spacial score (nSPS) is 12.4. The van der Waals surface area contributed by atoms with E-state index in [1.165, 1.54) is 13.2 Å². The summed E-state index contributed by atoms with van der Waals surface area (Å²) in [5.74, 6) is -0.454. The van der Waals surface area contributed by atoms with Crippen molar-refractivity contribution in [3.8, 4) is 0 Å². The third kappa shape index (κ3) is 3.13. The molecule has 1 N–H and O–H groups in total. The number of nitrogens with one attached hydrogen (secondary N) is 1. The summed E-state index contributed by atoms with van der Waals surface area (Å²) in [6.07, 6.45) is 0.0548. The molecule has 2 aromatic carbocycles. The van der Waals surface area contributed by atoms with E-state index in [-0.39, 0.29) is 11.4 Å². The zero-order valence-electron chi connectivity index (χ0n) is 15.0. The Morgan fingerprint density at radius 3 is 2.54 bits per heavy atom. The predicted octanol–water partition coefficient (Wildman–Crippen LogP) is 3.94. The van der Waals surface area contributed by atoms with Gasteiger partial charge in [-0.1, -0.05) is 42.5 Å². The van der Waals surface area contributed by atoms with Crippen LogP contribution >= 0.6 is 0 Å². The number of nitrogens with zero attached hydrogens (tertiary/aromatic N) is 4. The first-order valence-corrected chi connectivity index (χ1v) is 8.63. The molecule has 8 heteroatoms. The number of amides is 1. The number of fused-ring (bicyclic) bond motifs is 1. The second-order valence-corrected chi connectivity index (χ2v) is 6.31. The fourth-order valence-corrected chi connectivity index (χ4v) is 3.26. The highest BCUT2D eigenvalue weighted by Gasteiger charge is 2.27. The largest absolute Gasteiger partial charge is 0.321 e. The number of carbonyl (C=O) groups excluding carboxylic acids is 1. The number of hydrogen-bond acceptors (Lipinski definition) is 3. The molecule has 0 saturated heterocycles. The molecule has 1 amide bonds. The van der Waals surface area contributed by atoms with Gasteiger partial charge >= 0.3 is 0 Å². The molecule has 0 aliphatic rings. The summed E-state index contributed by atoms with van der Waals surface area (Å²) in [6, 6.07) is 15.8. The molecule has 0 radical (unpaired) electrons. The summed E-state index contributed by atoms with van der Waals surface area (Å²) in [7, 11) is 1.41. The molecule has 0 fully saturated rings. The number of hydrogen-bond donors (Lipinski definition) is 1. The van der Waals surface area contributed by atoms with Crippen molar-refractivity contribution in [1.29, 1.82) is 0 Å². The van der Waals surface area contributed by atoms with Crippen LogP contribution in [-0.2, 0) is 11.8 Å². The van der Waals surface area contributed by atoms with Crippen LogP contribution in [0.4, 0.5) is 14.5 Å². The number of alkyl halides is 2. The van der Waals surface area contributed by atoms with Gasteiger partial charge in [-0.2, -0.15) is 5.10 Å². The number of aromatic nitrogens is 4. The van der Waals surface area contributed by atoms with E-state index >= 15 is 0 Å². The summed E-state index contributed by atoms with van der Waals surface area (Å²) in [5, 5.41) is 6.45. The van der Waals surface area contributed by atoms with Crippen LogP contribution in [0.15, 0.2) is 67.1 Å². The predicted molar refractivity (Wildman–Crippen MR) is 101 cm³/mol. The van der Waals surface area contributed by atoms with E-state index < -0.39 is 18.4 Å². The van der Waals surface area contributed by atoms with Crippen LogP contribution in [0.25, 0.3) is 11.0 Å². The molecule has 0 saturated carbocycles. The average molecular weight is 381 g/mol. The summed E-state index contributed by atoms with van der Waals surface area (Å²) >= 11 is 0. The summed E-state index contributed by atoms with van der Waals surface area (Å²) in [4.78, 5) is 17.5. The quantitative estimate of drug-likeness (QED) is 0.570. The molecule has 0 aliphatic heterocycles. The molecule has 4 aromatic rings. The molecule has 2 aromatic heterocycles. The zero-order chi connectivity index (χ0) is 19.7. The zero-order valence-corrected chi connectivity index (χ0v) is 15.0. The van der Waals surface area contributed by atoms with Gasteiger partial charge in [-0.05, 0) is 17.7 Å². The molecule has 0 aliphatic carbocycles. The maximum absolute atomic E-state index is 13.4. The lowest BCUT2D eigenvalue weighted by Crippen LogP contribution is -2.27. The van der Waals surface area contributed by atoms with Gasteiger partial charge in [0.2, 0.25) is 0 Å². The van der Waals surface area contributed by atoms with Gasteiger partial charge in [0.25, 0.3) is 12.3 Å². The van der Waals surface area contributed by atoms with Gasteiger partial charge in [-0.25, -0.2) is 13.8 Å². The number of aryl methyl sites for hydroxylation is 1. The maximum Gasteiger partial charge on any atom is 0.282 e. The Bertz CT molecular complexity index is 1120. The number of halogens is 2. The minimum Gasteiger partial charge on any atom is -0.321 e. The maximum atomic E-state index is 13.4. The van der Waals surface area contributed by atoms with Gasteiger partial charge in [0.1, 0.15) is 11.7 Å². The topological polar surface area (TPSA) is 64.7 Å². The van der Waals surface area contributed by atoms with E-state index in [4.69, 9.17) is 0 Å². The Hall–Kier alpha value is -3.55. The molecule has 4 rings (SSSR count). The monoisotopic (exact) mass is 381 g/mol. The Labute approximate surface area is 159 Å². The highest BCUT2D eigenvalue weighted by atomic mass is 19.3.